The zero-order valence-electron chi connectivity index (χ0n) is 18.6. The molecular formula is C23H29N5O3. The maximum absolute atomic E-state index is 12.3. The fourth-order valence-corrected chi connectivity index (χ4v) is 2.96. The van der Waals surface area contributed by atoms with Crippen LogP contribution in [0.15, 0.2) is 41.2 Å². The average Bonchev–Trinajstić information content (AvgIpc) is 3.19. The molecular weight excluding hydrogens is 394 g/mol. The lowest BCUT2D eigenvalue weighted by molar-refractivity contribution is 0.0942. The number of hydrogen-bond donors (Lipinski definition) is 1. The van der Waals surface area contributed by atoms with E-state index in [2.05, 4.69) is 39.3 Å². The summed E-state index contributed by atoms with van der Waals surface area (Å²) in [5, 5.41) is 6.89. The van der Waals surface area contributed by atoms with Gasteiger partial charge in [-0.1, -0.05) is 32.0 Å². The van der Waals surface area contributed by atoms with E-state index in [1.807, 2.05) is 26.8 Å². The second kappa shape index (κ2) is 10.1. The van der Waals surface area contributed by atoms with E-state index in [0.29, 0.717) is 46.8 Å². The van der Waals surface area contributed by atoms with Gasteiger partial charge < -0.3 is 14.6 Å². The molecule has 0 bridgehead atoms. The summed E-state index contributed by atoms with van der Waals surface area (Å²) in [6, 6.07) is 7.16. The van der Waals surface area contributed by atoms with Crippen molar-refractivity contribution >= 4 is 5.91 Å². The van der Waals surface area contributed by atoms with Gasteiger partial charge in [-0.3, -0.25) is 4.79 Å². The number of ether oxygens (including phenoxy) is 1. The summed E-state index contributed by atoms with van der Waals surface area (Å²) < 4.78 is 11.4. The Kier molecular flexibility index (Phi) is 7.33. The van der Waals surface area contributed by atoms with E-state index in [0.717, 1.165) is 6.42 Å². The van der Waals surface area contributed by atoms with Crippen molar-refractivity contribution in [2.45, 2.75) is 59.6 Å². The SMILES string of the molecule is CCC(Oc1cccc(C(=O)NC(C)C)c1)c1ncc(-c2noc(CC(C)C)n2)cn1. The molecule has 0 fully saturated rings. The van der Waals surface area contributed by atoms with E-state index in [1.54, 1.807) is 30.6 Å². The first-order valence-corrected chi connectivity index (χ1v) is 10.6. The van der Waals surface area contributed by atoms with E-state index in [-0.39, 0.29) is 18.1 Å². The van der Waals surface area contributed by atoms with Crippen molar-refractivity contribution in [2.24, 2.45) is 5.92 Å². The maximum Gasteiger partial charge on any atom is 0.251 e. The topological polar surface area (TPSA) is 103 Å². The van der Waals surface area contributed by atoms with E-state index < -0.39 is 0 Å². The number of aromatic nitrogens is 4. The minimum Gasteiger partial charge on any atom is -0.482 e. The Hall–Kier alpha value is -3.29. The largest absolute Gasteiger partial charge is 0.482 e. The fourth-order valence-electron chi connectivity index (χ4n) is 2.96. The third-order valence-corrected chi connectivity index (χ3v) is 4.43. The molecule has 2 aromatic heterocycles. The normalized spacial score (nSPS) is 12.2. The Morgan fingerprint density at radius 1 is 1.16 bits per heavy atom. The number of hydrogen-bond acceptors (Lipinski definition) is 7. The van der Waals surface area contributed by atoms with Crippen molar-refractivity contribution < 1.29 is 14.1 Å². The quantitative estimate of drug-likeness (QED) is 0.544. The second-order valence-electron chi connectivity index (χ2n) is 8.11. The Morgan fingerprint density at radius 2 is 1.90 bits per heavy atom. The van der Waals surface area contributed by atoms with Crippen molar-refractivity contribution in [2.75, 3.05) is 0 Å². The number of nitrogens with zero attached hydrogens (tertiary/aromatic N) is 4. The van der Waals surface area contributed by atoms with Gasteiger partial charge in [-0.25, -0.2) is 9.97 Å². The molecule has 1 unspecified atom stereocenters. The van der Waals surface area contributed by atoms with Crippen LogP contribution < -0.4 is 10.1 Å². The molecule has 8 heteroatoms. The van der Waals surface area contributed by atoms with Crippen molar-refractivity contribution in [1.29, 1.82) is 0 Å². The van der Waals surface area contributed by atoms with Crippen LogP contribution >= 0.6 is 0 Å². The molecule has 8 nitrogen and oxygen atoms in total. The Bertz CT molecular complexity index is 998. The maximum atomic E-state index is 12.3. The first-order chi connectivity index (χ1) is 14.9. The molecule has 3 rings (SSSR count). The molecule has 1 atom stereocenters. The van der Waals surface area contributed by atoms with Gasteiger partial charge in [0.05, 0.1) is 5.56 Å². The lowest BCUT2D eigenvalue weighted by Gasteiger charge is -2.17. The zero-order chi connectivity index (χ0) is 22.4. The number of carbonyl (C=O) groups excluding carboxylic acids is 1. The summed E-state index contributed by atoms with van der Waals surface area (Å²) >= 11 is 0. The Balaban J connectivity index is 1.71. The lowest BCUT2D eigenvalue weighted by atomic mass is 10.1. The molecule has 0 radical (unpaired) electrons. The van der Waals surface area contributed by atoms with Gasteiger partial charge in [0, 0.05) is 30.4 Å². The van der Waals surface area contributed by atoms with Crippen LogP contribution in [0.3, 0.4) is 0 Å². The fraction of sp³-hybridized carbons (Fsp3) is 0.435. The van der Waals surface area contributed by atoms with Crippen LogP contribution in [0.5, 0.6) is 5.75 Å². The molecule has 2 heterocycles. The van der Waals surface area contributed by atoms with E-state index in [9.17, 15) is 4.79 Å². The highest BCUT2D eigenvalue weighted by atomic mass is 16.5. The summed E-state index contributed by atoms with van der Waals surface area (Å²) in [6.07, 6.45) is 4.39. The Morgan fingerprint density at radius 3 is 2.55 bits per heavy atom. The summed E-state index contributed by atoms with van der Waals surface area (Å²) in [5.41, 5.74) is 1.23. The predicted octanol–water partition coefficient (Wildman–Crippen LogP) is 4.39. The Labute approximate surface area is 182 Å². The third kappa shape index (κ3) is 6.10. The highest BCUT2D eigenvalue weighted by Crippen LogP contribution is 2.24. The van der Waals surface area contributed by atoms with Crippen molar-refractivity contribution in [1.82, 2.24) is 25.4 Å². The number of nitrogens with one attached hydrogen (secondary N) is 1. The van der Waals surface area contributed by atoms with Gasteiger partial charge in [0.25, 0.3) is 5.91 Å². The second-order valence-corrected chi connectivity index (χ2v) is 8.11. The highest BCUT2D eigenvalue weighted by molar-refractivity contribution is 5.94. The molecule has 0 saturated carbocycles. The highest BCUT2D eigenvalue weighted by Gasteiger charge is 2.17. The summed E-state index contributed by atoms with van der Waals surface area (Å²) in [7, 11) is 0. The minimum absolute atomic E-state index is 0.0630. The monoisotopic (exact) mass is 423 g/mol. The van der Waals surface area contributed by atoms with Crippen LogP contribution in [0, 0.1) is 5.92 Å². The van der Waals surface area contributed by atoms with Gasteiger partial charge >= 0.3 is 0 Å². The first kappa shape index (κ1) is 22.4. The van der Waals surface area contributed by atoms with Crippen molar-refractivity contribution in [3.05, 3.63) is 53.9 Å². The number of carbonyl (C=O) groups is 1. The smallest absolute Gasteiger partial charge is 0.251 e. The molecule has 164 valence electrons. The molecule has 0 aliphatic carbocycles. The van der Waals surface area contributed by atoms with Crippen LogP contribution in [-0.2, 0) is 6.42 Å². The minimum atomic E-state index is -0.348. The lowest BCUT2D eigenvalue weighted by Crippen LogP contribution is -2.30. The van der Waals surface area contributed by atoms with Crippen molar-refractivity contribution in [3.8, 4) is 17.1 Å². The molecule has 1 N–H and O–H groups in total. The van der Waals surface area contributed by atoms with E-state index in [1.165, 1.54) is 0 Å². The number of rotatable bonds is 9. The van der Waals surface area contributed by atoms with Crippen LogP contribution in [0.2, 0.25) is 0 Å². The van der Waals surface area contributed by atoms with Crippen LogP contribution in [-0.4, -0.2) is 32.1 Å². The third-order valence-electron chi connectivity index (χ3n) is 4.43. The molecule has 1 amide bonds. The average molecular weight is 424 g/mol. The van der Waals surface area contributed by atoms with Gasteiger partial charge in [-0.2, -0.15) is 4.98 Å². The summed E-state index contributed by atoms with van der Waals surface area (Å²) in [4.78, 5) is 25.6. The first-order valence-electron chi connectivity index (χ1n) is 10.6. The van der Waals surface area contributed by atoms with Gasteiger partial charge in [0.1, 0.15) is 5.75 Å². The number of benzene rings is 1. The molecule has 31 heavy (non-hydrogen) atoms. The summed E-state index contributed by atoms with van der Waals surface area (Å²) in [5.74, 6) is 2.52. The van der Waals surface area contributed by atoms with E-state index >= 15 is 0 Å². The molecule has 0 spiro atoms. The summed E-state index contributed by atoms with van der Waals surface area (Å²) in [6.45, 7) is 10.0. The number of amides is 1. The van der Waals surface area contributed by atoms with Crippen LogP contribution in [0.25, 0.3) is 11.4 Å². The molecule has 0 aliphatic rings. The van der Waals surface area contributed by atoms with Gasteiger partial charge in [-0.15, -0.1) is 0 Å². The molecule has 0 saturated heterocycles. The molecule has 1 aromatic carbocycles. The molecule has 3 aromatic rings. The van der Waals surface area contributed by atoms with Crippen LogP contribution in [0.1, 0.15) is 69.2 Å². The van der Waals surface area contributed by atoms with Gasteiger partial charge in [0.15, 0.2) is 11.9 Å². The van der Waals surface area contributed by atoms with Gasteiger partial charge in [-0.05, 0) is 44.4 Å². The zero-order valence-corrected chi connectivity index (χ0v) is 18.6. The van der Waals surface area contributed by atoms with Crippen molar-refractivity contribution in [3.63, 3.8) is 0 Å². The standard InChI is InChI=1S/C23H29N5O3/c1-6-19(30-18-9-7-8-16(11-18)23(29)26-15(4)5)22-24-12-17(13-25-22)21-27-20(31-28-21)10-14(2)3/h7-9,11-15,19H,6,10H2,1-5H3,(H,26,29). The van der Waals surface area contributed by atoms with E-state index in [4.69, 9.17) is 9.26 Å². The van der Waals surface area contributed by atoms with Crippen LogP contribution in [0.4, 0.5) is 0 Å². The van der Waals surface area contributed by atoms with Gasteiger partial charge in [0.2, 0.25) is 11.7 Å². The molecule has 0 aliphatic heterocycles. The predicted molar refractivity (Wildman–Crippen MR) is 117 cm³/mol.